The molecule has 5 heteroatoms. The van der Waals surface area contributed by atoms with Gasteiger partial charge in [0, 0.05) is 11.1 Å². The number of halogens is 1. The summed E-state index contributed by atoms with van der Waals surface area (Å²) >= 11 is 0. The fraction of sp³-hybridized carbons (Fsp3) is 0.304. The van der Waals surface area contributed by atoms with E-state index in [1.165, 1.54) is 0 Å². The van der Waals surface area contributed by atoms with Crippen molar-refractivity contribution in [3.05, 3.63) is 76.4 Å². The zero-order valence-electron chi connectivity index (χ0n) is 16.7. The quantitative estimate of drug-likeness (QED) is 0.725. The molecule has 0 fully saturated rings. The molecule has 1 unspecified atom stereocenters. The average molecular weight is 380 g/mol. The van der Waals surface area contributed by atoms with Crippen LogP contribution in [-0.2, 0) is 21.7 Å². The Morgan fingerprint density at radius 3 is 2.18 bits per heavy atom. The normalized spacial score (nSPS) is 16.5. The van der Waals surface area contributed by atoms with Gasteiger partial charge in [0.2, 0.25) is 0 Å². The molecule has 4 nitrogen and oxygen atoms in total. The highest BCUT2D eigenvalue weighted by atomic mass is 19.1. The summed E-state index contributed by atoms with van der Waals surface area (Å²) in [5, 5.41) is 1.01. The van der Waals surface area contributed by atoms with Crippen LogP contribution in [-0.4, -0.2) is 16.8 Å². The van der Waals surface area contributed by atoms with E-state index in [0.717, 1.165) is 16.1 Å². The molecule has 1 aliphatic heterocycles. The van der Waals surface area contributed by atoms with E-state index in [9.17, 15) is 9.59 Å². The molecule has 3 rings (SSSR count). The third-order valence-corrected chi connectivity index (χ3v) is 5.42. The van der Waals surface area contributed by atoms with E-state index in [1.54, 1.807) is 32.9 Å². The van der Waals surface area contributed by atoms with E-state index in [4.69, 9.17) is 0 Å². The van der Waals surface area contributed by atoms with Crippen LogP contribution in [0.2, 0.25) is 0 Å². The predicted octanol–water partition coefficient (Wildman–Crippen LogP) is 4.90. The van der Waals surface area contributed by atoms with Gasteiger partial charge in [0.1, 0.15) is 5.67 Å². The van der Waals surface area contributed by atoms with Crippen LogP contribution in [0.15, 0.2) is 59.7 Å². The molecular weight excluding hydrogens is 355 g/mol. The van der Waals surface area contributed by atoms with Crippen molar-refractivity contribution in [3.63, 3.8) is 0 Å². The van der Waals surface area contributed by atoms with E-state index in [1.807, 2.05) is 43.3 Å². The minimum atomic E-state index is -1.46. The molecule has 1 aliphatic rings. The SMILES string of the molecule is CCC(C)(F)c1ccc(NN2C(=O)C(C)=C(C)C2=O)cc1Cc1ccccc1. The molecule has 0 aliphatic carbocycles. The average Bonchev–Trinajstić information content (AvgIpc) is 2.87. The first-order chi connectivity index (χ1) is 13.2. The fourth-order valence-electron chi connectivity index (χ4n) is 3.30. The Bertz CT molecular complexity index is 924. The number of rotatable bonds is 6. The molecule has 0 saturated carbocycles. The molecule has 0 radical (unpaired) electrons. The van der Waals surface area contributed by atoms with Gasteiger partial charge in [0.25, 0.3) is 11.8 Å². The van der Waals surface area contributed by atoms with Crippen LogP contribution in [0, 0.1) is 0 Å². The lowest BCUT2D eigenvalue weighted by Crippen LogP contribution is -2.36. The van der Waals surface area contributed by atoms with E-state index < -0.39 is 5.67 Å². The Hall–Kier alpha value is -2.95. The number of hydrogen-bond donors (Lipinski definition) is 1. The smallest absolute Gasteiger partial charge is 0.275 e. The van der Waals surface area contributed by atoms with Crippen LogP contribution in [0.5, 0.6) is 0 Å². The first-order valence-electron chi connectivity index (χ1n) is 9.43. The highest BCUT2D eigenvalue weighted by Gasteiger charge is 2.34. The second kappa shape index (κ2) is 7.58. The molecule has 2 aromatic carbocycles. The molecule has 0 bridgehead atoms. The maximum Gasteiger partial charge on any atom is 0.275 e. The monoisotopic (exact) mass is 380 g/mol. The number of benzene rings is 2. The topological polar surface area (TPSA) is 49.4 Å². The Morgan fingerprint density at radius 1 is 1.00 bits per heavy atom. The number of carbonyl (C=O) groups is 2. The van der Waals surface area contributed by atoms with Crippen LogP contribution < -0.4 is 5.43 Å². The van der Waals surface area contributed by atoms with Crippen molar-refractivity contribution in [1.82, 2.24) is 5.01 Å². The molecule has 1 N–H and O–H groups in total. The predicted molar refractivity (Wildman–Crippen MR) is 108 cm³/mol. The van der Waals surface area contributed by atoms with E-state index in [0.29, 0.717) is 35.2 Å². The highest BCUT2D eigenvalue weighted by Crippen LogP contribution is 2.34. The molecule has 0 aromatic heterocycles. The molecule has 2 aromatic rings. The summed E-state index contributed by atoms with van der Waals surface area (Å²) in [5.41, 5.74) is 5.38. The molecular formula is C23H25FN2O2. The summed E-state index contributed by atoms with van der Waals surface area (Å²) in [4.78, 5) is 24.6. The third-order valence-electron chi connectivity index (χ3n) is 5.42. The summed E-state index contributed by atoms with van der Waals surface area (Å²) in [6.45, 7) is 6.67. The lowest BCUT2D eigenvalue weighted by atomic mass is 9.88. The van der Waals surface area contributed by atoms with Crippen molar-refractivity contribution in [2.24, 2.45) is 0 Å². The number of anilines is 1. The number of amides is 2. The van der Waals surface area contributed by atoms with Crippen LogP contribution in [0.4, 0.5) is 10.1 Å². The summed E-state index contributed by atoms with van der Waals surface area (Å²) in [5.74, 6) is -0.722. The second-order valence-corrected chi connectivity index (χ2v) is 7.39. The molecule has 1 atom stereocenters. The number of nitrogens with one attached hydrogen (secondary N) is 1. The van der Waals surface area contributed by atoms with Crippen molar-refractivity contribution in [3.8, 4) is 0 Å². The number of carbonyl (C=O) groups excluding carboxylic acids is 2. The van der Waals surface area contributed by atoms with Crippen molar-refractivity contribution in [2.75, 3.05) is 5.43 Å². The standard InChI is InChI=1S/C23H25FN2O2/c1-5-23(4,24)20-12-11-19(14-18(20)13-17-9-7-6-8-10-17)25-26-21(27)15(2)16(3)22(26)28/h6-12,14,25H,5,13H2,1-4H3. The summed E-state index contributed by atoms with van der Waals surface area (Å²) in [7, 11) is 0. The number of alkyl halides is 1. The van der Waals surface area contributed by atoms with Crippen molar-refractivity contribution < 1.29 is 14.0 Å². The zero-order chi connectivity index (χ0) is 20.5. The van der Waals surface area contributed by atoms with E-state index in [-0.39, 0.29) is 11.8 Å². The van der Waals surface area contributed by atoms with Crippen LogP contribution in [0.3, 0.4) is 0 Å². The Balaban J connectivity index is 1.95. The third kappa shape index (κ3) is 3.70. The number of nitrogens with zero attached hydrogens (tertiary/aromatic N) is 1. The lowest BCUT2D eigenvalue weighted by Gasteiger charge is -2.24. The van der Waals surface area contributed by atoms with Gasteiger partial charge in [-0.3, -0.25) is 15.0 Å². The molecule has 28 heavy (non-hydrogen) atoms. The van der Waals surface area contributed by atoms with Gasteiger partial charge in [-0.15, -0.1) is 0 Å². The van der Waals surface area contributed by atoms with Crippen molar-refractivity contribution >= 4 is 17.5 Å². The minimum Gasteiger partial charge on any atom is -0.288 e. The molecule has 0 saturated heterocycles. The Labute approximate surface area is 165 Å². The van der Waals surface area contributed by atoms with Crippen molar-refractivity contribution in [2.45, 2.75) is 46.2 Å². The Kier molecular flexibility index (Phi) is 5.36. The number of hydrazine groups is 1. The second-order valence-electron chi connectivity index (χ2n) is 7.39. The largest absolute Gasteiger partial charge is 0.288 e. The summed E-state index contributed by atoms with van der Waals surface area (Å²) in [6, 6.07) is 15.1. The molecule has 146 valence electrons. The van der Waals surface area contributed by atoms with Crippen LogP contribution in [0.1, 0.15) is 50.8 Å². The van der Waals surface area contributed by atoms with Gasteiger partial charge in [0.15, 0.2) is 0 Å². The summed E-state index contributed by atoms with van der Waals surface area (Å²) in [6.07, 6.45) is 0.913. The van der Waals surface area contributed by atoms with Gasteiger partial charge in [0.05, 0.1) is 5.69 Å². The fourth-order valence-corrected chi connectivity index (χ4v) is 3.30. The molecule has 1 heterocycles. The maximum atomic E-state index is 15.1. The molecule has 2 amide bonds. The van der Waals surface area contributed by atoms with Gasteiger partial charge >= 0.3 is 0 Å². The first-order valence-corrected chi connectivity index (χ1v) is 9.43. The van der Waals surface area contributed by atoms with Crippen molar-refractivity contribution in [1.29, 1.82) is 0 Å². The minimum absolute atomic E-state index is 0.354. The van der Waals surface area contributed by atoms with Crippen LogP contribution >= 0.6 is 0 Å². The van der Waals surface area contributed by atoms with Gasteiger partial charge in [-0.25, -0.2) is 4.39 Å². The zero-order valence-corrected chi connectivity index (χ0v) is 16.7. The number of hydrogen-bond acceptors (Lipinski definition) is 3. The van der Waals surface area contributed by atoms with Gasteiger partial charge in [-0.2, -0.15) is 5.01 Å². The maximum absolute atomic E-state index is 15.1. The Morgan fingerprint density at radius 2 is 1.61 bits per heavy atom. The van der Waals surface area contributed by atoms with Gasteiger partial charge < -0.3 is 0 Å². The van der Waals surface area contributed by atoms with Gasteiger partial charge in [-0.1, -0.05) is 43.3 Å². The highest BCUT2D eigenvalue weighted by molar-refractivity contribution is 6.19. The number of imide groups is 1. The van der Waals surface area contributed by atoms with Gasteiger partial charge in [-0.05, 0) is 62.4 Å². The lowest BCUT2D eigenvalue weighted by molar-refractivity contribution is -0.135. The summed E-state index contributed by atoms with van der Waals surface area (Å²) < 4.78 is 15.1. The van der Waals surface area contributed by atoms with E-state index >= 15 is 4.39 Å². The molecule has 0 spiro atoms. The van der Waals surface area contributed by atoms with Crippen LogP contribution in [0.25, 0.3) is 0 Å². The van der Waals surface area contributed by atoms with E-state index in [2.05, 4.69) is 5.43 Å². The first kappa shape index (κ1) is 19.8.